The van der Waals surface area contributed by atoms with Gasteiger partial charge in [-0.2, -0.15) is 0 Å². The van der Waals surface area contributed by atoms with Crippen molar-refractivity contribution in [1.29, 1.82) is 0 Å². The number of thioether (sulfide) groups is 1. The Bertz CT molecular complexity index is 349. The number of hydrogen-bond acceptors (Lipinski definition) is 4. The van der Waals surface area contributed by atoms with Gasteiger partial charge in [0.25, 0.3) is 0 Å². The van der Waals surface area contributed by atoms with Crippen molar-refractivity contribution in [1.82, 2.24) is 5.32 Å². The van der Waals surface area contributed by atoms with Crippen LogP contribution in [0.15, 0.2) is 23.1 Å². The highest BCUT2D eigenvalue weighted by Crippen LogP contribution is 2.24. The fourth-order valence-corrected chi connectivity index (χ4v) is 2.28. The van der Waals surface area contributed by atoms with Crippen LogP contribution in [0.5, 0.6) is 0 Å². The molecule has 17 heavy (non-hydrogen) atoms. The van der Waals surface area contributed by atoms with Crippen molar-refractivity contribution in [3.63, 3.8) is 0 Å². The molecule has 0 radical (unpaired) electrons. The van der Waals surface area contributed by atoms with Crippen LogP contribution in [-0.2, 0) is 6.54 Å². The second-order valence-electron chi connectivity index (χ2n) is 3.68. The van der Waals surface area contributed by atoms with Gasteiger partial charge in [0.15, 0.2) is 0 Å². The SMILES string of the molecule is CCNCc1cc(F)ccc1SCC(O)CO. The van der Waals surface area contributed by atoms with Crippen molar-refractivity contribution in [3.8, 4) is 0 Å². The van der Waals surface area contributed by atoms with Gasteiger partial charge in [-0.15, -0.1) is 11.8 Å². The maximum Gasteiger partial charge on any atom is 0.123 e. The lowest BCUT2D eigenvalue weighted by Gasteiger charge is -2.11. The molecule has 96 valence electrons. The number of hydrogen-bond donors (Lipinski definition) is 3. The van der Waals surface area contributed by atoms with Crippen molar-refractivity contribution in [3.05, 3.63) is 29.6 Å². The summed E-state index contributed by atoms with van der Waals surface area (Å²) in [4.78, 5) is 0.930. The van der Waals surface area contributed by atoms with E-state index < -0.39 is 6.10 Å². The molecular formula is C12H18FNO2S. The summed E-state index contributed by atoms with van der Waals surface area (Å²) in [6, 6.07) is 4.61. The van der Waals surface area contributed by atoms with Crippen LogP contribution >= 0.6 is 11.8 Å². The summed E-state index contributed by atoms with van der Waals surface area (Å²) in [6.07, 6.45) is -0.739. The van der Waals surface area contributed by atoms with Crippen LogP contribution in [-0.4, -0.2) is 35.2 Å². The summed E-state index contributed by atoms with van der Waals surface area (Å²) >= 11 is 1.42. The van der Waals surface area contributed by atoms with Crippen molar-refractivity contribution in [2.75, 3.05) is 18.9 Å². The minimum atomic E-state index is -0.739. The molecule has 0 fully saturated rings. The third-order valence-electron chi connectivity index (χ3n) is 2.23. The van der Waals surface area contributed by atoms with Crippen LogP contribution in [0.3, 0.4) is 0 Å². The molecule has 0 bridgehead atoms. The van der Waals surface area contributed by atoms with Crippen LogP contribution in [0, 0.1) is 5.82 Å². The Hall–Kier alpha value is -0.620. The molecule has 1 aromatic carbocycles. The first-order chi connectivity index (χ1) is 8.17. The first kappa shape index (κ1) is 14.4. The molecule has 0 saturated carbocycles. The highest BCUT2D eigenvalue weighted by molar-refractivity contribution is 7.99. The summed E-state index contributed by atoms with van der Waals surface area (Å²) in [7, 11) is 0. The van der Waals surface area contributed by atoms with Gasteiger partial charge in [0.2, 0.25) is 0 Å². The summed E-state index contributed by atoms with van der Waals surface area (Å²) in [5.74, 6) is 0.145. The number of rotatable bonds is 7. The first-order valence-corrected chi connectivity index (χ1v) is 6.56. The largest absolute Gasteiger partial charge is 0.394 e. The van der Waals surface area contributed by atoms with E-state index in [1.54, 1.807) is 6.07 Å². The van der Waals surface area contributed by atoms with Gasteiger partial charge in [0.05, 0.1) is 12.7 Å². The highest BCUT2D eigenvalue weighted by Gasteiger charge is 2.08. The molecule has 0 saturated heterocycles. The molecule has 0 spiro atoms. The molecule has 0 aliphatic carbocycles. The Labute approximate surface area is 105 Å². The van der Waals surface area contributed by atoms with Gasteiger partial charge < -0.3 is 15.5 Å². The molecule has 0 heterocycles. The van der Waals surface area contributed by atoms with E-state index in [4.69, 9.17) is 5.11 Å². The van der Waals surface area contributed by atoms with E-state index in [0.29, 0.717) is 12.3 Å². The topological polar surface area (TPSA) is 52.5 Å². The third kappa shape index (κ3) is 5.04. The first-order valence-electron chi connectivity index (χ1n) is 5.58. The quantitative estimate of drug-likeness (QED) is 0.648. The zero-order chi connectivity index (χ0) is 12.7. The number of nitrogens with one attached hydrogen (secondary N) is 1. The van der Waals surface area contributed by atoms with E-state index in [-0.39, 0.29) is 12.4 Å². The van der Waals surface area contributed by atoms with Gasteiger partial charge in [0.1, 0.15) is 5.82 Å². The Morgan fingerprint density at radius 3 is 2.88 bits per heavy atom. The summed E-state index contributed by atoms with van der Waals surface area (Å²) in [5.41, 5.74) is 0.877. The lowest BCUT2D eigenvalue weighted by molar-refractivity contribution is 0.113. The Morgan fingerprint density at radius 1 is 1.47 bits per heavy atom. The van der Waals surface area contributed by atoms with Crippen molar-refractivity contribution in [2.24, 2.45) is 0 Å². The minimum absolute atomic E-state index is 0.253. The van der Waals surface area contributed by atoms with E-state index in [9.17, 15) is 9.50 Å². The van der Waals surface area contributed by atoms with E-state index >= 15 is 0 Å². The predicted octanol–water partition coefficient (Wildman–Crippen LogP) is 1.38. The molecule has 0 aromatic heterocycles. The van der Waals surface area contributed by atoms with Crippen molar-refractivity contribution >= 4 is 11.8 Å². The molecule has 0 aliphatic rings. The lowest BCUT2D eigenvalue weighted by Crippen LogP contribution is -2.16. The Balaban J connectivity index is 2.68. The van der Waals surface area contributed by atoms with Crippen molar-refractivity contribution < 1.29 is 14.6 Å². The fraction of sp³-hybridized carbons (Fsp3) is 0.500. The van der Waals surface area contributed by atoms with Crippen LogP contribution in [0.1, 0.15) is 12.5 Å². The predicted molar refractivity (Wildman–Crippen MR) is 67.6 cm³/mol. The number of halogens is 1. The van der Waals surface area contributed by atoms with E-state index in [2.05, 4.69) is 5.32 Å². The van der Waals surface area contributed by atoms with Crippen LogP contribution < -0.4 is 5.32 Å². The second kappa shape index (κ2) is 7.66. The summed E-state index contributed by atoms with van der Waals surface area (Å²) in [5, 5.41) is 21.2. The van der Waals surface area contributed by atoms with Gasteiger partial charge in [-0.05, 0) is 30.3 Å². The van der Waals surface area contributed by atoms with Crippen molar-refractivity contribution in [2.45, 2.75) is 24.5 Å². The highest BCUT2D eigenvalue weighted by atomic mass is 32.2. The fourth-order valence-electron chi connectivity index (χ4n) is 1.33. The van der Waals surface area contributed by atoms with E-state index in [1.807, 2.05) is 6.92 Å². The van der Waals surface area contributed by atoms with Gasteiger partial charge in [0, 0.05) is 17.2 Å². The zero-order valence-corrected chi connectivity index (χ0v) is 10.6. The Morgan fingerprint density at radius 2 is 2.24 bits per heavy atom. The molecule has 1 unspecified atom stereocenters. The van der Waals surface area contributed by atoms with Gasteiger partial charge >= 0.3 is 0 Å². The molecule has 1 atom stereocenters. The van der Waals surface area contributed by atoms with E-state index in [0.717, 1.165) is 17.0 Å². The molecule has 0 amide bonds. The maximum absolute atomic E-state index is 13.1. The average molecular weight is 259 g/mol. The normalized spacial score (nSPS) is 12.7. The monoisotopic (exact) mass is 259 g/mol. The van der Waals surface area contributed by atoms with Crippen LogP contribution in [0.2, 0.25) is 0 Å². The van der Waals surface area contributed by atoms with Gasteiger partial charge in [-0.1, -0.05) is 6.92 Å². The maximum atomic E-state index is 13.1. The lowest BCUT2D eigenvalue weighted by atomic mass is 10.2. The van der Waals surface area contributed by atoms with Gasteiger partial charge in [-0.3, -0.25) is 0 Å². The van der Waals surface area contributed by atoms with E-state index in [1.165, 1.54) is 23.9 Å². The van der Waals surface area contributed by atoms with Crippen LogP contribution in [0.25, 0.3) is 0 Å². The molecule has 3 nitrogen and oxygen atoms in total. The third-order valence-corrected chi connectivity index (χ3v) is 3.49. The Kier molecular flexibility index (Phi) is 6.50. The molecule has 5 heteroatoms. The summed E-state index contributed by atoms with van der Waals surface area (Å²) in [6.45, 7) is 3.16. The molecular weight excluding hydrogens is 241 g/mol. The number of aliphatic hydroxyl groups excluding tert-OH is 2. The molecule has 1 rings (SSSR count). The molecule has 1 aromatic rings. The number of benzene rings is 1. The minimum Gasteiger partial charge on any atom is -0.394 e. The van der Waals surface area contributed by atoms with Gasteiger partial charge in [-0.25, -0.2) is 4.39 Å². The standard InChI is InChI=1S/C12H18FNO2S/c1-2-14-6-9-5-10(13)3-4-12(9)17-8-11(16)7-15/h3-5,11,14-16H,2,6-8H2,1H3. The summed E-state index contributed by atoms with van der Waals surface area (Å²) < 4.78 is 13.1. The smallest absolute Gasteiger partial charge is 0.123 e. The average Bonchev–Trinajstić information content (AvgIpc) is 2.34. The number of aliphatic hydroxyl groups is 2. The molecule has 3 N–H and O–H groups in total. The zero-order valence-electron chi connectivity index (χ0n) is 9.82. The molecule has 0 aliphatic heterocycles. The second-order valence-corrected chi connectivity index (χ2v) is 4.74. The van der Waals surface area contributed by atoms with Crippen LogP contribution in [0.4, 0.5) is 4.39 Å².